The van der Waals surface area contributed by atoms with Gasteiger partial charge < -0.3 is 23.5 Å². The Morgan fingerprint density at radius 2 is 1.52 bits per heavy atom. The van der Waals surface area contributed by atoms with Crippen LogP contribution in [0.1, 0.15) is 5.69 Å². The van der Waals surface area contributed by atoms with Crippen LogP contribution in [-0.4, -0.2) is 43.0 Å². The first kappa shape index (κ1) is 20.5. The number of ether oxygens (including phenoxy) is 4. The number of benzene rings is 2. The standard InChI is InChI=1S/C24H25N3O4/c1-28-21-6-5-16(11-22(21)29-2)18-12-17(7-9-27-10-8-25-15-27)26-20-14-24(31-4)23(30-3)13-19(18)20/h5-6,8,10-15H,7,9H2,1-4H3. The summed E-state index contributed by atoms with van der Waals surface area (Å²) >= 11 is 0. The highest BCUT2D eigenvalue weighted by atomic mass is 16.5. The van der Waals surface area contributed by atoms with Gasteiger partial charge in [0.25, 0.3) is 0 Å². The predicted octanol–water partition coefficient (Wildman–Crippen LogP) is 4.38. The Balaban J connectivity index is 1.87. The maximum atomic E-state index is 5.54. The average molecular weight is 419 g/mol. The third-order valence-electron chi connectivity index (χ3n) is 5.25. The summed E-state index contributed by atoms with van der Waals surface area (Å²) in [4.78, 5) is 9.01. The summed E-state index contributed by atoms with van der Waals surface area (Å²) in [5.41, 5.74) is 3.84. The average Bonchev–Trinajstić information content (AvgIpc) is 3.34. The van der Waals surface area contributed by atoms with E-state index in [1.165, 1.54) is 0 Å². The smallest absolute Gasteiger partial charge is 0.162 e. The van der Waals surface area contributed by atoms with Gasteiger partial charge in [-0.05, 0) is 35.4 Å². The second-order valence-electron chi connectivity index (χ2n) is 7.01. The van der Waals surface area contributed by atoms with E-state index in [1.54, 1.807) is 34.6 Å². The van der Waals surface area contributed by atoms with Crippen molar-refractivity contribution < 1.29 is 18.9 Å². The molecular formula is C24H25N3O4. The molecule has 31 heavy (non-hydrogen) atoms. The highest BCUT2D eigenvalue weighted by molar-refractivity contribution is 5.97. The molecule has 0 saturated carbocycles. The monoisotopic (exact) mass is 419 g/mol. The van der Waals surface area contributed by atoms with Crippen molar-refractivity contribution in [2.45, 2.75) is 13.0 Å². The number of methoxy groups -OCH3 is 4. The van der Waals surface area contributed by atoms with E-state index in [0.717, 1.165) is 40.7 Å². The van der Waals surface area contributed by atoms with Crippen LogP contribution in [0, 0.1) is 0 Å². The zero-order chi connectivity index (χ0) is 21.8. The molecule has 0 N–H and O–H groups in total. The molecule has 2 heterocycles. The van der Waals surface area contributed by atoms with Crippen LogP contribution in [0.25, 0.3) is 22.0 Å². The number of imidazole rings is 1. The molecule has 4 aromatic rings. The molecule has 0 amide bonds. The van der Waals surface area contributed by atoms with Crippen LogP contribution < -0.4 is 18.9 Å². The summed E-state index contributed by atoms with van der Waals surface area (Å²) < 4.78 is 24.0. The van der Waals surface area contributed by atoms with Crippen LogP contribution >= 0.6 is 0 Å². The third kappa shape index (κ3) is 4.12. The van der Waals surface area contributed by atoms with Gasteiger partial charge in [0.15, 0.2) is 23.0 Å². The van der Waals surface area contributed by atoms with Gasteiger partial charge in [-0.3, -0.25) is 4.98 Å². The van der Waals surface area contributed by atoms with Crippen LogP contribution in [0.3, 0.4) is 0 Å². The minimum atomic E-state index is 0.646. The normalized spacial score (nSPS) is 10.8. The van der Waals surface area contributed by atoms with Gasteiger partial charge >= 0.3 is 0 Å². The molecule has 4 rings (SSSR count). The SMILES string of the molecule is COc1ccc(-c2cc(CCn3ccnc3)nc3cc(OC)c(OC)cc23)cc1OC. The van der Waals surface area contributed by atoms with Crippen molar-refractivity contribution in [1.82, 2.24) is 14.5 Å². The van der Waals surface area contributed by atoms with E-state index in [0.29, 0.717) is 23.0 Å². The maximum Gasteiger partial charge on any atom is 0.162 e. The zero-order valence-electron chi connectivity index (χ0n) is 18.1. The molecule has 0 atom stereocenters. The fraction of sp³-hybridized carbons (Fsp3) is 0.250. The Labute approximate surface area is 181 Å². The molecule has 0 aliphatic heterocycles. The fourth-order valence-electron chi connectivity index (χ4n) is 3.64. The first-order chi connectivity index (χ1) is 15.2. The van der Waals surface area contributed by atoms with E-state index < -0.39 is 0 Å². The van der Waals surface area contributed by atoms with Gasteiger partial charge in [-0.2, -0.15) is 0 Å². The lowest BCUT2D eigenvalue weighted by atomic mass is 9.98. The van der Waals surface area contributed by atoms with Crippen LogP contribution in [0.5, 0.6) is 23.0 Å². The van der Waals surface area contributed by atoms with Crippen LogP contribution in [0.15, 0.2) is 55.1 Å². The van der Waals surface area contributed by atoms with Crippen molar-refractivity contribution in [2.24, 2.45) is 0 Å². The van der Waals surface area contributed by atoms with Crippen molar-refractivity contribution in [1.29, 1.82) is 0 Å². The van der Waals surface area contributed by atoms with Crippen molar-refractivity contribution in [3.63, 3.8) is 0 Å². The van der Waals surface area contributed by atoms with Crippen LogP contribution in [-0.2, 0) is 13.0 Å². The van der Waals surface area contributed by atoms with E-state index in [9.17, 15) is 0 Å². The number of pyridine rings is 1. The summed E-state index contributed by atoms with van der Waals surface area (Å²) in [6, 6.07) is 11.9. The highest BCUT2D eigenvalue weighted by Gasteiger charge is 2.15. The Bertz CT molecular complexity index is 1190. The first-order valence-electron chi connectivity index (χ1n) is 9.90. The van der Waals surface area contributed by atoms with Gasteiger partial charge in [0, 0.05) is 42.5 Å². The topological polar surface area (TPSA) is 67.6 Å². The van der Waals surface area contributed by atoms with Gasteiger partial charge in [-0.1, -0.05) is 6.07 Å². The molecule has 2 aromatic carbocycles. The molecule has 0 spiro atoms. The quantitative estimate of drug-likeness (QED) is 0.422. The molecule has 7 nitrogen and oxygen atoms in total. The molecule has 0 aliphatic rings. The van der Waals surface area contributed by atoms with E-state index in [-0.39, 0.29) is 0 Å². The van der Waals surface area contributed by atoms with Gasteiger partial charge in [-0.15, -0.1) is 0 Å². The van der Waals surface area contributed by atoms with E-state index >= 15 is 0 Å². The van der Waals surface area contributed by atoms with Crippen molar-refractivity contribution in [3.8, 4) is 34.1 Å². The Morgan fingerprint density at radius 1 is 0.806 bits per heavy atom. The van der Waals surface area contributed by atoms with Gasteiger partial charge in [0.2, 0.25) is 0 Å². The highest BCUT2D eigenvalue weighted by Crippen LogP contribution is 2.39. The lowest BCUT2D eigenvalue weighted by molar-refractivity contribution is 0.355. The third-order valence-corrected chi connectivity index (χ3v) is 5.25. The molecule has 0 radical (unpaired) electrons. The summed E-state index contributed by atoms with van der Waals surface area (Å²) in [7, 11) is 6.52. The van der Waals surface area contributed by atoms with Crippen molar-refractivity contribution in [3.05, 3.63) is 60.8 Å². The molecule has 0 saturated heterocycles. The lowest BCUT2D eigenvalue weighted by Gasteiger charge is -2.15. The fourth-order valence-corrected chi connectivity index (χ4v) is 3.64. The predicted molar refractivity (Wildman–Crippen MR) is 119 cm³/mol. The first-order valence-corrected chi connectivity index (χ1v) is 9.90. The molecular weight excluding hydrogens is 394 g/mol. The van der Waals surface area contributed by atoms with Crippen LogP contribution in [0.2, 0.25) is 0 Å². The molecule has 0 unspecified atom stereocenters. The number of aryl methyl sites for hydroxylation is 2. The molecule has 0 bridgehead atoms. The summed E-state index contributed by atoms with van der Waals surface area (Å²) in [5.74, 6) is 2.66. The van der Waals surface area contributed by atoms with Gasteiger partial charge in [0.05, 0.1) is 40.3 Å². The number of hydrogen-bond donors (Lipinski definition) is 0. The van der Waals surface area contributed by atoms with Crippen molar-refractivity contribution in [2.75, 3.05) is 28.4 Å². The van der Waals surface area contributed by atoms with Crippen LogP contribution in [0.4, 0.5) is 0 Å². The van der Waals surface area contributed by atoms with Crippen molar-refractivity contribution >= 4 is 10.9 Å². The number of aromatic nitrogens is 3. The number of rotatable bonds is 8. The molecule has 7 heteroatoms. The minimum absolute atomic E-state index is 0.646. The second-order valence-corrected chi connectivity index (χ2v) is 7.01. The zero-order valence-corrected chi connectivity index (χ0v) is 18.1. The molecule has 160 valence electrons. The van der Waals surface area contributed by atoms with E-state index in [4.69, 9.17) is 23.9 Å². The molecule has 0 aliphatic carbocycles. The molecule has 2 aromatic heterocycles. The van der Waals surface area contributed by atoms with E-state index in [1.807, 2.05) is 47.4 Å². The summed E-state index contributed by atoms with van der Waals surface area (Å²) in [5, 5.41) is 0.969. The summed E-state index contributed by atoms with van der Waals surface area (Å²) in [6.45, 7) is 0.789. The Morgan fingerprint density at radius 3 is 2.19 bits per heavy atom. The second kappa shape index (κ2) is 8.95. The lowest BCUT2D eigenvalue weighted by Crippen LogP contribution is -2.02. The maximum absolute atomic E-state index is 5.54. The van der Waals surface area contributed by atoms with Gasteiger partial charge in [0.1, 0.15) is 0 Å². The molecule has 0 fully saturated rings. The number of fused-ring (bicyclic) bond motifs is 1. The van der Waals surface area contributed by atoms with Gasteiger partial charge in [-0.25, -0.2) is 4.98 Å². The Kier molecular flexibility index (Phi) is 5.93. The summed E-state index contributed by atoms with van der Waals surface area (Å²) in [6.07, 6.45) is 6.30. The Hall–Kier alpha value is -3.74. The number of hydrogen-bond acceptors (Lipinski definition) is 6. The largest absolute Gasteiger partial charge is 0.493 e. The number of nitrogens with zero attached hydrogens (tertiary/aromatic N) is 3. The van der Waals surface area contributed by atoms with E-state index in [2.05, 4.69) is 11.1 Å². The minimum Gasteiger partial charge on any atom is -0.493 e.